The maximum Gasteiger partial charge on any atom is 0.255 e. The van der Waals surface area contributed by atoms with E-state index in [1.54, 1.807) is 12.1 Å². The van der Waals surface area contributed by atoms with Gasteiger partial charge in [-0.05, 0) is 52.7 Å². The van der Waals surface area contributed by atoms with Gasteiger partial charge in [0.25, 0.3) is 5.91 Å². The van der Waals surface area contributed by atoms with Crippen LogP contribution in [0.5, 0.6) is 0 Å². The summed E-state index contributed by atoms with van der Waals surface area (Å²) in [4.78, 5) is 16.0. The summed E-state index contributed by atoms with van der Waals surface area (Å²) >= 11 is 3.41. The number of aromatic nitrogens is 1. The van der Waals surface area contributed by atoms with Gasteiger partial charge in [-0.15, -0.1) is 0 Å². The summed E-state index contributed by atoms with van der Waals surface area (Å²) in [5.74, 6) is -0.235. The highest BCUT2D eigenvalue weighted by molar-refractivity contribution is 9.10. The van der Waals surface area contributed by atoms with Crippen LogP contribution < -0.4 is 5.32 Å². The van der Waals surface area contributed by atoms with Crippen LogP contribution in [0, 0.1) is 6.92 Å². The monoisotopic (exact) mass is 320 g/mol. The van der Waals surface area contributed by atoms with Gasteiger partial charge in [0, 0.05) is 16.2 Å². The van der Waals surface area contributed by atoms with E-state index in [1.807, 2.05) is 25.1 Å². The van der Waals surface area contributed by atoms with Crippen LogP contribution >= 0.6 is 15.9 Å². The fraction of sp³-hybridized carbons (Fsp3) is 0.143. The van der Waals surface area contributed by atoms with Crippen molar-refractivity contribution in [3.63, 3.8) is 0 Å². The van der Waals surface area contributed by atoms with Gasteiger partial charge in [-0.25, -0.2) is 0 Å². The van der Waals surface area contributed by atoms with Crippen LogP contribution in [-0.2, 0) is 6.61 Å². The van der Waals surface area contributed by atoms with E-state index in [1.165, 1.54) is 6.20 Å². The maximum atomic E-state index is 12.1. The summed E-state index contributed by atoms with van der Waals surface area (Å²) in [6.07, 6.45) is 1.50. The van der Waals surface area contributed by atoms with Crippen LogP contribution in [0.1, 0.15) is 21.6 Å². The van der Waals surface area contributed by atoms with E-state index in [0.717, 1.165) is 10.0 Å². The van der Waals surface area contributed by atoms with Gasteiger partial charge in [0.1, 0.15) is 0 Å². The average Bonchev–Trinajstić information content (AvgIpc) is 2.42. The first-order valence-electron chi connectivity index (χ1n) is 5.73. The first kappa shape index (κ1) is 13.7. The SMILES string of the molecule is Cc1ccc(NC(=O)c2ccnc(CO)c2)c(Br)c1. The number of aliphatic hydroxyl groups is 1. The third-order valence-corrected chi connectivity index (χ3v) is 3.27. The molecular weight excluding hydrogens is 308 g/mol. The number of nitrogens with one attached hydrogen (secondary N) is 1. The predicted octanol–water partition coefficient (Wildman–Crippen LogP) is 2.90. The number of anilines is 1. The average molecular weight is 321 g/mol. The molecule has 0 fully saturated rings. The molecule has 0 atom stereocenters. The molecule has 0 unspecified atom stereocenters. The van der Waals surface area contributed by atoms with Gasteiger partial charge in [-0.2, -0.15) is 0 Å². The number of hydrogen-bond donors (Lipinski definition) is 2. The van der Waals surface area contributed by atoms with Gasteiger partial charge in [0.05, 0.1) is 18.0 Å². The number of amides is 1. The Labute approximate surface area is 119 Å². The van der Waals surface area contributed by atoms with Crippen molar-refractivity contribution in [2.24, 2.45) is 0 Å². The number of hydrogen-bond acceptors (Lipinski definition) is 3. The molecule has 2 rings (SSSR count). The zero-order valence-electron chi connectivity index (χ0n) is 10.4. The van der Waals surface area contributed by atoms with Crippen molar-refractivity contribution in [3.8, 4) is 0 Å². The van der Waals surface area contributed by atoms with Gasteiger partial charge < -0.3 is 10.4 Å². The zero-order chi connectivity index (χ0) is 13.8. The maximum absolute atomic E-state index is 12.1. The molecule has 1 amide bonds. The summed E-state index contributed by atoms with van der Waals surface area (Å²) in [7, 11) is 0. The summed E-state index contributed by atoms with van der Waals surface area (Å²) in [5, 5.41) is 11.8. The Hall–Kier alpha value is -1.72. The lowest BCUT2D eigenvalue weighted by Crippen LogP contribution is -2.13. The molecule has 0 saturated carbocycles. The molecule has 0 aliphatic carbocycles. The molecule has 0 bridgehead atoms. The standard InChI is InChI=1S/C14H13BrN2O2/c1-9-2-3-13(12(15)6-9)17-14(19)10-4-5-16-11(7-10)8-18/h2-7,18H,8H2,1H3,(H,17,19). The molecule has 4 nitrogen and oxygen atoms in total. The molecule has 2 N–H and O–H groups in total. The molecule has 0 aliphatic heterocycles. The second-order valence-corrected chi connectivity index (χ2v) is 4.99. The molecule has 1 aromatic carbocycles. The van der Waals surface area contributed by atoms with E-state index >= 15 is 0 Å². The number of halogens is 1. The minimum Gasteiger partial charge on any atom is -0.390 e. The third-order valence-electron chi connectivity index (χ3n) is 2.61. The van der Waals surface area contributed by atoms with Crippen molar-refractivity contribution in [1.29, 1.82) is 0 Å². The van der Waals surface area contributed by atoms with Crippen LogP contribution in [0.4, 0.5) is 5.69 Å². The highest BCUT2D eigenvalue weighted by Crippen LogP contribution is 2.23. The Morgan fingerprint density at radius 3 is 2.84 bits per heavy atom. The Balaban J connectivity index is 2.20. The molecule has 0 spiro atoms. The van der Waals surface area contributed by atoms with Crippen LogP contribution in [-0.4, -0.2) is 16.0 Å². The number of aryl methyl sites for hydroxylation is 1. The lowest BCUT2D eigenvalue weighted by molar-refractivity contribution is 0.102. The summed E-state index contributed by atoms with van der Waals surface area (Å²) < 4.78 is 0.831. The lowest BCUT2D eigenvalue weighted by atomic mass is 10.2. The smallest absolute Gasteiger partial charge is 0.255 e. The number of rotatable bonds is 3. The van der Waals surface area contributed by atoms with Gasteiger partial charge in [0.2, 0.25) is 0 Å². The second-order valence-electron chi connectivity index (χ2n) is 4.13. The van der Waals surface area contributed by atoms with E-state index in [0.29, 0.717) is 16.9 Å². The fourth-order valence-electron chi connectivity index (χ4n) is 1.62. The molecule has 98 valence electrons. The molecule has 5 heteroatoms. The topological polar surface area (TPSA) is 62.2 Å². The fourth-order valence-corrected chi connectivity index (χ4v) is 2.21. The summed E-state index contributed by atoms with van der Waals surface area (Å²) in [5.41, 5.74) is 2.75. The Kier molecular flexibility index (Phi) is 4.29. The Morgan fingerprint density at radius 1 is 1.37 bits per heavy atom. The second kappa shape index (κ2) is 5.95. The normalized spacial score (nSPS) is 10.3. The van der Waals surface area contributed by atoms with Gasteiger partial charge in [-0.1, -0.05) is 6.07 Å². The number of pyridine rings is 1. The van der Waals surface area contributed by atoms with Crippen molar-refractivity contribution in [3.05, 3.63) is 57.8 Å². The first-order chi connectivity index (χ1) is 9.10. The van der Waals surface area contributed by atoms with Crippen molar-refractivity contribution in [2.45, 2.75) is 13.5 Å². The van der Waals surface area contributed by atoms with Gasteiger partial charge in [-0.3, -0.25) is 9.78 Å². The largest absolute Gasteiger partial charge is 0.390 e. The lowest BCUT2D eigenvalue weighted by Gasteiger charge is -2.08. The van der Waals surface area contributed by atoms with E-state index < -0.39 is 0 Å². The minimum atomic E-state index is -0.235. The predicted molar refractivity (Wildman–Crippen MR) is 77.0 cm³/mol. The molecule has 1 heterocycles. The number of carbonyl (C=O) groups is 1. The molecular formula is C14H13BrN2O2. The van der Waals surface area contributed by atoms with Crippen molar-refractivity contribution in [2.75, 3.05) is 5.32 Å². The van der Waals surface area contributed by atoms with Gasteiger partial charge in [0.15, 0.2) is 0 Å². The molecule has 0 radical (unpaired) electrons. The summed E-state index contributed by atoms with van der Waals surface area (Å²) in [6.45, 7) is 1.79. The van der Waals surface area contributed by atoms with Crippen LogP contribution in [0.25, 0.3) is 0 Å². The van der Waals surface area contributed by atoms with E-state index in [-0.39, 0.29) is 12.5 Å². The van der Waals surface area contributed by atoms with E-state index in [2.05, 4.69) is 26.2 Å². The van der Waals surface area contributed by atoms with Crippen LogP contribution in [0.2, 0.25) is 0 Å². The van der Waals surface area contributed by atoms with Crippen molar-refractivity contribution < 1.29 is 9.90 Å². The molecule has 19 heavy (non-hydrogen) atoms. The van der Waals surface area contributed by atoms with E-state index in [9.17, 15) is 4.79 Å². The number of aliphatic hydroxyl groups excluding tert-OH is 1. The van der Waals surface area contributed by atoms with E-state index in [4.69, 9.17) is 5.11 Å². The first-order valence-corrected chi connectivity index (χ1v) is 6.53. The number of carbonyl (C=O) groups excluding carboxylic acids is 1. The van der Waals surface area contributed by atoms with Crippen molar-refractivity contribution in [1.82, 2.24) is 4.98 Å². The third kappa shape index (κ3) is 3.39. The Bertz CT molecular complexity index is 614. The van der Waals surface area contributed by atoms with Crippen molar-refractivity contribution >= 4 is 27.5 Å². The van der Waals surface area contributed by atoms with Crippen LogP contribution in [0.15, 0.2) is 41.0 Å². The minimum absolute atomic E-state index is 0.185. The van der Waals surface area contributed by atoms with Crippen LogP contribution in [0.3, 0.4) is 0 Å². The molecule has 0 saturated heterocycles. The molecule has 2 aromatic rings. The highest BCUT2D eigenvalue weighted by Gasteiger charge is 2.09. The number of nitrogens with zero attached hydrogens (tertiary/aromatic N) is 1. The summed E-state index contributed by atoms with van der Waals surface area (Å²) in [6, 6.07) is 8.87. The quantitative estimate of drug-likeness (QED) is 0.914. The Morgan fingerprint density at radius 2 is 2.16 bits per heavy atom. The van der Waals surface area contributed by atoms with Gasteiger partial charge >= 0.3 is 0 Å². The zero-order valence-corrected chi connectivity index (χ0v) is 11.9. The highest BCUT2D eigenvalue weighted by atomic mass is 79.9. The number of benzene rings is 1. The molecule has 1 aromatic heterocycles. The molecule has 0 aliphatic rings.